The number of halogens is 1. The molecule has 2 aromatic rings. The summed E-state index contributed by atoms with van der Waals surface area (Å²) in [5.74, 6) is 1.03. The molecule has 9 heteroatoms. The van der Waals surface area contributed by atoms with Crippen LogP contribution in [0.3, 0.4) is 0 Å². The van der Waals surface area contributed by atoms with E-state index in [9.17, 15) is 8.42 Å². The largest absolute Gasteiger partial charge is 0.486 e. The van der Waals surface area contributed by atoms with Gasteiger partial charge in [0.1, 0.15) is 13.2 Å². The first kappa shape index (κ1) is 18.6. The van der Waals surface area contributed by atoms with Crippen molar-refractivity contribution in [1.82, 2.24) is 14.1 Å². The van der Waals surface area contributed by atoms with Gasteiger partial charge in [0.15, 0.2) is 11.5 Å². The topological polar surface area (TPSA) is 73.7 Å². The van der Waals surface area contributed by atoms with E-state index >= 15 is 0 Å². The third-order valence-electron chi connectivity index (χ3n) is 4.95. The monoisotopic (exact) mass is 411 g/mol. The van der Waals surface area contributed by atoms with Crippen molar-refractivity contribution in [2.75, 3.05) is 19.8 Å². The minimum absolute atomic E-state index is 0.200. The van der Waals surface area contributed by atoms with E-state index in [4.69, 9.17) is 21.1 Å². The maximum absolute atomic E-state index is 13.5. The predicted octanol–water partition coefficient (Wildman–Crippen LogP) is 3.15. The average molecular weight is 412 g/mol. The van der Waals surface area contributed by atoms with E-state index < -0.39 is 10.0 Å². The number of nitrogens with zero attached hydrogens (tertiary/aromatic N) is 3. The Kier molecular flexibility index (Phi) is 5.05. The fourth-order valence-electron chi connectivity index (χ4n) is 3.66. The summed E-state index contributed by atoms with van der Waals surface area (Å²) >= 11 is 6.35. The van der Waals surface area contributed by atoms with Crippen LogP contribution in [0.2, 0.25) is 5.02 Å². The van der Waals surface area contributed by atoms with Gasteiger partial charge in [-0.3, -0.25) is 4.68 Å². The van der Waals surface area contributed by atoms with Crippen LogP contribution in [0, 0.1) is 0 Å². The van der Waals surface area contributed by atoms with Crippen LogP contribution in [0.1, 0.15) is 37.4 Å². The van der Waals surface area contributed by atoms with Gasteiger partial charge in [-0.25, -0.2) is 8.42 Å². The third-order valence-corrected chi connectivity index (χ3v) is 7.15. The number of aryl methyl sites for hydroxylation is 1. The van der Waals surface area contributed by atoms with Gasteiger partial charge in [0.05, 0.1) is 21.7 Å². The molecule has 0 unspecified atom stereocenters. The summed E-state index contributed by atoms with van der Waals surface area (Å²) in [6.07, 6.45) is 5.13. The molecule has 0 aliphatic carbocycles. The predicted molar refractivity (Wildman–Crippen MR) is 101 cm³/mol. The Labute approximate surface area is 163 Å². The molecule has 0 radical (unpaired) electrons. The molecule has 27 heavy (non-hydrogen) atoms. The van der Waals surface area contributed by atoms with Gasteiger partial charge in [0.2, 0.25) is 10.0 Å². The third kappa shape index (κ3) is 3.53. The van der Waals surface area contributed by atoms with Gasteiger partial charge < -0.3 is 9.47 Å². The number of sulfonamides is 1. The Morgan fingerprint density at radius 3 is 2.67 bits per heavy atom. The summed E-state index contributed by atoms with van der Waals surface area (Å²) < 4.78 is 41.2. The number of hydrogen-bond acceptors (Lipinski definition) is 5. The number of benzene rings is 1. The van der Waals surface area contributed by atoms with E-state index in [0.717, 1.165) is 19.3 Å². The van der Waals surface area contributed by atoms with Crippen LogP contribution in [0.25, 0.3) is 0 Å². The molecule has 2 aliphatic heterocycles. The molecule has 0 bridgehead atoms. The smallest absolute Gasteiger partial charge is 0.243 e. The minimum atomic E-state index is -3.73. The van der Waals surface area contributed by atoms with Crippen LogP contribution >= 0.6 is 11.6 Å². The van der Waals surface area contributed by atoms with Crippen LogP contribution in [-0.2, 0) is 17.1 Å². The Bertz CT molecular complexity index is 944. The van der Waals surface area contributed by atoms with Gasteiger partial charge in [-0.15, -0.1) is 0 Å². The number of fused-ring (bicyclic) bond motifs is 1. The molecular formula is C18H22ClN3O4S. The zero-order chi connectivity index (χ0) is 19.0. The van der Waals surface area contributed by atoms with Gasteiger partial charge in [-0.1, -0.05) is 24.4 Å². The van der Waals surface area contributed by atoms with Crippen LogP contribution in [0.15, 0.2) is 29.3 Å². The van der Waals surface area contributed by atoms with E-state index in [1.54, 1.807) is 40.4 Å². The summed E-state index contributed by atoms with van der Waals surface area (Å²) in [6.45, 7) is 1.31. The van der Waals surface area contributed by atoms with E-state index in [2.05, 4.69) is 5.10 Å². The number of ether oxygens (including phenoxy) is 2. The van der Waals surface area contributed by atoms with Gasteiger partial charge >= 0.3 is 0 Å². The van der Waals surface area contributed by atoms with Crippen LogP contribution in [0.4, 0.5) is 0 Å². The molecule has 2 aliphatic rings. The Hall–Kier alpha value is -1.77. The quantitative estimate of drug-likeness (QED) is 0.775. The van der Waals surface area contributed by atoms with Crippen molar-refractivity contribution in [2.24, 2.45) is 7.05 Å². The summed E-state index contributed by atoms with van der Waals surface area (Å²) in [5, 5.41) is 4.93. The number of aromatic nitrogens is 2. The average Bonchev–Trinajstić information content (AvgIpc) is 2.86. The van der Waals surface area contributed by atoms with Crippen molar-refractivity contribution in [3.8, 4) is 11.5 Å². The summed E-state index contributed by atoms with van der Waals surface area (Å²) in [4.78, 5) is 0.200. The normalized spacial score (nSPS) is 21.0. The fourth-order valence-corrected chi connectivity index (χ4v) is 5.65. The van der Waals surface area contributed by atoms with Crippen molar-refractivity contribution in [2.45, 2.75) is 36.6 Å². The maximum atomic E-state index is 13.5. The lowest BCUT2D eigenvalue weighted by atomic mass is 10.1. The summed E-state index contributed by atoms with van der Waals surface area (Å²) in [7, 11) is -1.95. The van der Waals surface area contributed by atoms with Gasteiger partial charge in [-0.2, -0.15) is 9.40 Å². The van der Waals surface area contributed by atoms with E-state index in [0.29, 0.717) is 48.4 Å². The Morgan fingerprint density at radius 1 is 1.15 bits per heavy atom. The zero-order valence-corrected chi connectivity index (χ0v) is 16.7. The highest BCUT2D eigenvalue weighted by molar-refractivity contribution is 7.89. The van der Waals surface area contributed by atoms with Crippen LogP contribution < -0.4 is 9.47 Å². The van der Waals surface area contributed by atoms with Crippen LogP contribution in [0.5, 0.6) is 11.5 Å². The Balaban J connectivity index is 1.74. The summed E-state index contributed by atoms with van der Waals surface area (Å²) in [6, 6.07) is 4.40. The lowest BCUT2D eigenvalue weighted by Gasteiger charge is -2.29. The van der Waals surface area contributed by atoms with Crippen LogP contribution in [-0.4, -0.2) is 42.3 Å². The maximum Gasteiger partial charge on any atom is 0.243 e. The second-order valence-electron chi connectivity index (χ2n) is 6.82. The lowest BCUT2D eigenvalue weighted by Crippen LogP contribution is -2.35. The van der Waals surface area contributed by atoms with E-state index in [1.807, 2.05) is 0 Å². The van der Waals surface area contributed by atoms with E-state index in [1.165, 1.54) is 0 Å². The second kappa shape index (κ2) is 7.33. The minimum Gasteiger partial charge on any atom is -0.486 e. The van der Waals surface area contributed by atoms with Gasteiger partial charge in [0.25, 0.3) is 0 Å². The highest BCUT2D eigenvalue weighted by Crippen LogP contribution is 2.39. The van der Waals surface area contributed by atoms with Gasteiger partial charge in [-0.05, 0) is 25.0 Å². The van der Waals surface area contributed by atoms with Crippen molar-refractivity contribution in [3.05, 3.63) is 35.1 Å². The first-order chi connectivity index (χ1) is 13.0. The molecule has 1 aromatic heterocycles. The molecule has 0 N–H and O–H groups in total. The molecule has 4 rings (SSSR count). The second-order valence-corrected chi connectivity index (χ2v) is 9.12. The number of hydrogen-bond donors (Lipinski definition) is 0. The summed E-state index contributed by atoms with van der Waals surface area (Å²) in [5.41, 5.74) is 0.613. The first-order valence-corrected chi connectivity index (χ1v) is 10.9. The van der Waals surface area contributed by atoms with Crippen molar-refractivity contribution >= 4 is 21.6 Å². The fraction of sp³-hybridized carbons (Fsp3) is 0.500. The molecule has 1 aromatic carbocycles. The van der Waals surface area contributed by atoms with Crippen molar-refractivity contribution in [3.63, 3.8) is 0 Å². The lowest BCUT2D eigenvalue weighted by molar-refractivity contribution is 0.171. The Morgan fingerprint density at radius 2 is 1.93 bits per heavy atom. The zero-order valence-electron chi connectivity index (χ0n) is 15.1. The number of rotatable bonds is 3. The molecule has 1 fully saturated rings. The molecular weight excluding hydrogens is 390 g/mol. The van der Waals surface area contributed by atoms with Gasteiger partial charge in [0, 0.05) is 25.9 Å². The van der Waals surface area contributed by atoms with Crippen molar-refractivity contribution < 1.29 is 17.9 Å². The molecule has 1 atom stereocenters. The first-order valence-electron chi connectivity index (χ1n) is 9.07. The molecule has 146 valence electrons. The molecule has 3 heterocycles. The molecule has 7 nitrogen and oxygen atoms in total. The molecule has 0 amide bonds. The highest BCUT2D eigenvalue weighted by Gasteiger charge is 2.36. The standard InChI is InChI=1S/C18H22ClN3O4S/c1-21-12-14(19)18(20-21)15-5-3-2-4-8-22(15)27(23,24)13-6-7-16-17(11-13)26-10-9-25-16/h6-7,11-12,15H,2-5,8-10H2,1H3/t15-/m0/s1. The van der Waals surface area contributed by atoms with E-state index in [-0.39, 0.29) is 10.9 Å². The highest BCUT2D eigenvalue weighted by atomic mass is 35.5. The van der Waals surface area contributed by atoms with Crippen molar-refractivity contribution in [1.29, 1.82) is 0 Å². The molecule has 0 spiro atoms. The molecule has 1 saturated heterocycles. The SMILES string of the molecule is Cn1cc(Cl)c([C@@H]2CCCCCN2S(=O)(=O)c2ccc3c(c2)OCCO3)n1. The molecule has 0 saturated carbocycles.